The Labute approximate surface area is 348 Å². The second-order valence-corrected chi connectivity index (χ2v) is 20.1. The van der Waals surface area contributed by atoms with Crippen molar-refractivity contribution in [2.24, 2.45) is 0 Å². The first-order valence-corrected chi connectivity index (χ1v) is 25.2. The highest BCUT2D eigenvalue weighted by Gasteiger charge is 2.25. The van der Waals surface area contributed by atoms with Crippen molar-refractivity contribution in [3.63, 3.8) is 0 Å². The lowest BCUT2D eigenvalue weighted by Crippen LogP contribution is -2.04. The summed E-state index contributed by atoms with van der Waals surface area (Å²) in [7, 11) is 0. The Bertz CT molecular complexity index is 1800. The number of ether oxygens (including phenoxy) is 3. The van der Waals surface area contributed by atoms with Gasteiger partial charge in [0.05, 0.1) is 34.1 Å². The highest BCUT2D eigenvalue weighted by molar-refractivity contribution is 7.30. The fourth-order valence-electron chi connectivity index (χ4n) is 7.52. The van der Waals surface area contributed by atoms with Gasteiger partial charge < -0.3 is 14.2 Å². The van der Waals surface area contributed by atoms with Crippen LogP contribution in [-0.2, 0) is 4.74 Å². The molecule has 55 heavy (non-hydrogen) atoms. The van der Waals surface area contributed by atoms with Gasteiger partial charge in [-0.15, -0.1) is 45.3 Å². The molecule has 4 nitrogen and oxygen atoms in total. The van der Waals surface area contributed by atoms with Gasteiger partial charge in [0.25, 0.3) is 0 Å². The molecular formula is C47H68O4S4. The van der Waals surface area contributed by atoms with E-state index in [1.165, 1.54) is 155 Å². The van der Waals surface area contributed by atoms with E-state index in [0.717, 1.165) is 61.2 Å². The Morgan fingerprint density at radius 1 is 0.491 bits per heavy atom. The molecule has 0 amide bonds. The summed E-state index contributed by atoms with van der Waals surface area (Å²) in [5.41, 5.74) is 0. The van der Waals surface area contributed by atoms with E-state index in [0.29, 0.717) is 11.5 Å². The lowest BCUT2D eigenvalue weighted by molar-refractivity contribution is 0.0503. The van der Waals surface area contributed by atoms with Gasteiger partial charge in [-0.3, -0.25) is 0 Å². The van der Waals surface area contributed by atoms with E-state index in [9.17, 15) is 4.79 Å². The Morgan fingerprint density at radius 3 is 1.51 bits per heavy atom. The molecule has 8 heteroatoms. The van der Waals surface area contributed by atoms with E-state index in [1.807, 2.05) is 34.0 Å². The summed E-state index contributed by atoms with van der Waals surface area (Å²) < 4.78 is 22.9. The molecule has 0 aliphatic rings. The summed E-state index contributed by atoms with van der Waals surface area (Å²) in [5, 5.41) is 3.50. The minimum atomic E-state index is -0.185. The van der Waals surface area contributed by atoms with Crippen LogP contribution in [0.4, 0.5) is 0 Å². The molecule has 1 aromatic carbocycles. The maximum atomic E-state index is 13.3. The molecule has 0 aliphatic heterocycles. The molecule has 0 atom stereocenters. The van der Waals surface area contributed by atoms with E-state index in [2.05, 4.69) is 52.8 Å². The quantitative estimate of drug-likeness (QED) is 0.0356. The zero-order valence-electron chi connectivity index (χ0n) is 34.7. The topological polar surface area (TPSA) is 44.8 Å². The zero-order valence-corrected chi connectivity index (χ0v) is 37.9. The summed E-state index contributed by atoms with van der Waals surface area (Å²) >= 11 is 7.05. The first-order chi connectivity index (χ1) is 27.0. The molecule has 4 heterocycles. The monoisotopic (exact) mass is 824 g/mol. The molecule has 0 saturated heterocycles. The van der Waals surface area contributed by atoms with Gasteiger partial charge in [-0.25, -0.2) is 4.79 Å². The molecule has 0 radical (unpaired) electrons. The minimum absolute atomic E-state index is 0.185. The van der Waals surface area contributed by atoms with Gasteiger partial charge in [-0.1, -0.05) is 143 Å². The fraction of sp³-hybridized carbons (Fsp3) is 0.638. The molecule has 304 valence electrons. The van der Waals surface area contributed by atoms with Crippen LogP contribution in [0.25, 0.3) is 40.0 Å². The summed E-state index contributed by atoms with van der Waals surface area (Å²) in [6.07, 6.45) is 27.6. The second kappa shape index (κ2) is 23.9. The van der Waals surface area contributed by atoms with Crippen molar-refractivity contribution >= 4 is 81.6 Å². The number of esters is 1. The van der Waals surface area contributed by atoms with Crippen LogP contribution >= 0.6 is 45.3 Å². The number of unbranched alkanes of at least 4 members (excludes halogenated alkanes) is 19. The van der Waals surface area contributed by atoms with Gasteiger partial charge in [0.2, 0.25) is 0 Å². The molecule has 4 aromatic heterocycles. The van der Waals surface area contributed by atoms with Crippen LogP contribution in [0.1, 0.15) is 181 Å². The Morgan fingerprint density at radius 2 is 0.964 bits per heavy atom. The van der Waals surface area contributed by atoms with Gasteiger partial charge in [-0.2, -0.15) is 0 Å². The third-order valence-electron chi connectivity index (χ3n) is 10.7. The van der Waals surface area contributed by atoms with Crippen LogP contribution in [0.15, 0.2) is 18.2 Å². The number of fused-ring (bicyclic) bond motifs is 3. The first kappa shape index (κ1) is 44.0. The molecule has 0 unspecified atom stereocenters. The second-order valence-electron chi connectivity index (χ2n) is 15.5. The van der Waals surface area contributed by atoms with E-state index in [4.69, 9.17) is 14.2 Å². The number of thiophene rings is 4. The SMILES string of the molecule is CCCCCCCCCCCCOC(=O)c1cc2c(-c3cc4c(OCCCCCCCC)c5sc(C)cc5c(OCCCCCCCC)c4s3)sc(C)c2s1. The van der Waals surface area contributed by atoms with Gasteiger partial charge in [0, 0.05) is 35.5 Å². The van der Waals surface area contributed by atoms with Crippen molar-refractivity contribution in [2.75, 3.05) is 19.8 Å². The van der Waals surface area contributed by atoms with Gasteiger partial charge in [0.1, 0.15) is 16.4 Å². The Balaban J connectivity index is 1.32. The van der Waals surface area contributed by atoms with Gasteiger partial charge in [0.15, 0.2) is 0 Å². The molecule has 5 rings (SSSR count). The van der Waals surface area contributed by atoms with Crippen LogP contribution < -0.4 is 9.47 Å². The Hall–Kier alpha value is -2.13. The van der Waals surface area contributed by atoms with Crippen molar-refractivity contribution < 1.29 is 19.0 Å². The summed E-state index contributed by atoms with van der Waals surface area (Å²) in [5.74, 6) is 1.84. The highest BCUT2D eigenvalue weighted by Crippen LogP contribution is 2.53. The minimum Gasteiger partial charge on any atom is -0.491 e. The van der Waals surface area contributed by atoms with Crippen molar-refractivity contribution in [3.05, 3.63) is 32.8 Å². The lowest BCUT2D eigenvalue weighted by atomic mass is 10.1. The molecule has 0 bridgehead atoms. The number of carbonyl (C=O) groups is 1. The lowest BCUT2D eigenvalue weighted by Gasteiger charge is -2.14. The number of hydrogen-bond donors (Lipinski definition) is 0. The van der Waals surface area contributed by atoms with Crippen LogP contribution in [0.5, 0.6) is 11.5 Å². The summed E-state index contributed by atoms with van der Waals surface area (Å²) in [4.78, 5) is 18.9. The Kier molecular flexibility index (Phi) is 19.1. The normalized spacial score (nSPS) is 11.8. The fourth-order valence-corrected chi connectivity index (χ4v) is 12.1. The van der Waals surface area contributed by atoms with Crippen LogP contribution in [0, 0.1) is 13.8 Å². The average Bonchev–Trinajstić information content (AvgIpc) is 3.97. The highest BCUT2D eigenvalue weighted by atomic mass is 32.1. The molecule has 0 N–H and O–H groups in total. The third-order valence-corrected chi connectivity index (χ3v) is 15.5. The first-order valence-electron chi connectivity index (χ1n) is 21.9. The van der Waals surface area contributed by atoms with Crippen molar-refractivity contribution in [1.29, 1.82) is 0 Å². The predicted molar refractivity (Wildman–Crippen MR) is 245 cm³/mol. The summed E-state index contributed by atoms with van der Waals surface area (Å²) in [6, 6.07) is 6.72. The number of benzene rings is 1. The molecule has 5 aromatic rings. The number of carbonyl (C=O) groups excluding carboxylic acids is 1. The number of aryl methyl sites for hydroxylation is 2. The predicted octanol–water partition coefficient (Wildman–Crippen LogP) is 17.2. The third kappa shape index (κ3) is 12.7. The molecule has 0 aliphatic carbocycles. The maximum absolute atomic E-state index is 13.3. The van der Waals surface area contributed by atoms with Gasteiger partial charge in [-0.05, 0) is 51.3 Å². The van der Waals surface area contributed by atoms with E-state index in [-0.39, 0.29) is 5.97 Å². The summed E-state index contributed by atoms with van der Waals surface area (Å²) in [6.45, 7) is 13.2. The molecule has 0 fully saturated rings. The zero-order chi connectivity index (χ0) is 38.8. The van der Waals surface area contributed by atoms with E-state index >= 15 is 0 Å². The largest absolute Gasteiger partial charge is 0.491 e. The van der Waals surface area contributed by atoms with Crippen LogP contribution in [0.2, 0.25) is 0 Å². The molecular weight excluding hydrogens is 757 g/mol. The number of rotatable bonds is 29. The van der Waals surface area contributed by atoms with Crippen molar-refractivity contribution in [3.8, 4) is 21.3 Å². The standard InChI is InChI=1S/C47H68O4S4/c1-6-9-12-15-18-19-20-21-24-27-30-51-47(48)40-33-38-43(55-40)35(5)53-44(38)39-32-37-42(50-29-26-23-17-14-11-8-3)45-36(31-34(4)52-45)41(46(37)54-39)49-28-25-22-16-13-10-7-2/h31-33H,6-30H2,1-5H3. The smallest absolute Gasteiger partial charge is 0.348 e. The molecule has 0 spiro atoms. The average molecular weight is 825 g/mol. The molecule has 0 saturated carbocycles. The van der Waals surface area contributed by atoms with Crippen molar-refractivity contribution in [1.82, 2.24) is 0 Å². The van der Waals surface area contributed by atoms with E-state index < -0.39 is 0 Å². The van der Waals surface area contributed by atoms with Crippen LogP contribution in [0.3, 0.4) is 0 Å². The van der Waals surface area contributed by atoms with Crippen LogP contribution in [-0.4, -0.2) is 25.8 Å². The van der Waals surface area contributed by atoms with E-state index in [1.54, 1.807) is 11.3 Å². The van der Waals surface area contributed by atoms with Gasteiger partial charge >= 0.3 is 5.97 Å². The number of hydrogen-bond acceptors (Lipinski definition) is 8. The maximum Gasteiger partial charge on any atom is 0.348 e. The van der Waals surface area contributed by atoms with Crippen molar-refractivity contribution in [2.45, 2.75) is 176 Å².